The Hall–Kier alpha value is -2.87. The van der Waals surface area contributed by atoms with Gasteiger partial charge >= 0.3 is 0 Å². The number of carbonyl (C=O) groups excluding carboxylic acids is 1. The Morgan fingerprint density at radius 1 is 0.903 bits per heavy atom. The Bertz CT molecular complexity index is 872. The Kier molecular flexibility index (Phi) is 6.56. The van der Waals surface area contributed by atoms with Crippen molar-refractivity contribution in [1.82, 2.24) is 19.8 Å². The molecule has 0 N–H and O–H groups in total. The van der Waals surface area contributed by atoms with Gasteiger partial charge in [0, 0.05) is 69.7 Å². The Morgan fingerprint density at radius 2 is 1.55 bits per heavy atom. The standard InChI is InChI=1S/C23H32N6O2/c1-18(2)26-8-10-27(11-9-26)20-6-4-19(5-7-20)23(30)29-14-12-28(13-15-29)21-16-24-17-22(25-21)31-3/h4-7,16-18H,8-15H2,1-3H3. The highest BCUT2D eigenvalue weighted by atomic mass is 16.5. The van der Waals surface area contributed by atoms with Gasteiger partial charge in [-0.05, 0) is 38.1 Å². The number of benzene rings is 1. The van der Waals surface area contributed by atoms with Gasteiger partial charge in [0.25, 0.3) is 5.91 Å². The summed E-state index contributed by atoms with van der Waals surface area (Å²) < 4.78 is 5.16. The number of rotatable bonds is 5. The predicted octanol–water partition coefficient (Wildman–Crippen LogP) is 1.98. The summed E-state index contributed by atoms with van der Waals surface area (Å²) in [6.45, 7) is 11.5. The van der Waals surface area contributed by atoms with Crippen LogP contribution in [0.15, 0.2) is 36.7 Å². The highest BCUT2D eigenvalue weighted by Crippen LogP contribution is 2.20. The maximum atomic E-state index is 13.0. The van der Waals surface area contributed by atoms with E-state index in [1.165, 1.54) is 5.69 Å². The number of nitrogens with zero attached hydrogens (tertiary/aromatic N) is 6. The number of ether oxygens (including phenoxy) is 1. The van der Waals surface area contributed by atoms with Crippen molar-refractivity contribution in [2.75, 3.05) is 69.3 Å². The van der Waals surface area contributed by atoms with Crippen LogP contribution in [-0.4, -0.2) is 91.2 Å². The molecule has 1 aromatic heterocycles. The molecule has 0 saturated carbocycles. The van der Waals surface area contributed by atoms with Gasteiger partial charge in [0.05, 0.1) is 19.5 Å². The van der Waals surface area contributed by atoms with Gasteiger partial charge in [-0.15, -0.1) is 0 Å². The van der Waals surface area contributed by atoms with Crippen LogP contribution in [0.2, 0.25) is 0 Å². The summed E-state index contributed by atoms with van der Waals surface area (Å²) in [5.74, 6) is 1.38. The summed E-state index contributed by atoms with van der Waals surface area (Å²) in [6, 6.07) is 8.69. The smallest absolute Gasteiger partial charge is 0.253 e. The molecule has 0 aliphatic carbocycles. The van der Waals surface area contributed by atoms with Crippen LogP contribution in [0.25, 0.3) is 0 Å². The molecule has 166 valence electrons. The van der Waals surface area contributed by atoms with E-state index >= 15 is 0 Å². The zero-order chi connectivity index (χ0) is 21.8. The molecule has 2 fully saturated rings. The molecule has 0 bridgehead atoms. The summed E-state index contributed by atoms with van der Waals surface area (Å²) in [5.41, 5.74) is 1.94. The highest BCUT2D eigenvalue weighted by Gasteiger charge is 2.24. The van der Waals surface area contributed by atoms with Crippen molar-refractivity contribution < 1.29 is 9.53 Å². The van der Waals surface area contributed by atoms with Gasteiger partial charge in [0.1, 0.15) is 0 Å². The van der Waals surface area contributed by atoms with E-state index in [1.54, 1.807) is 19.5 Å². The minimum Gasteiger partial charge on any atom is -0.480 e. The van der Waals surface area contributed by atoms with E-state index in [-0.39, 0.29) is 5.91 Å². The molecule has 0 atom stereocenters. The lowest BCUT2D eigenvalue weighted by molar-refractivity contribution is 0.0746. The lowest BCUT2D eigenvalue weighted by Gasteiger charge is -2.38. The summed E-state index contributed by atoms with van der Waals surface area (Å²) >= 11 is 0. The van der Waals surface area contributed by atoms with Gasteiger partial charge < -0.3 is 19.4 Å². The molecule has 0 radical (unpaired) electrons. The van der Waals surface area contributed by atoms with E-state index in [1.807, 2.05) is 17.0 Å². The normalized spacial score (nSPS) is 17.9. The molecule has 1 amide bonds. The number of methoxy groups -OCH3 is 1. The molecule has 0 unspecified atom stereocenters. The summed E-state index contributed by atoms with van der Waals surface area (Å²) in [4.78, 5) is 30.6. The largest absolute Gasteiger partial charge is 0.480 e. The first-order valence-electron chi connectivity index (χ1n) is 11.0. The Balaban J connectivity index is 1.32. The number of carbonyl (C=O) groups is 1. The van der Waals surface area contributed by atoms with Crippen LogP contribution < -0.4 is 14.5 Å². The second-order valence-electron chi connectivity index (χ2n) is 8.36. The van der Waals surface area contributed by atoms with Gasteiger partial charge in [-0.2, -0.15) is 4.98 Å². The zero-order valence-corrected chi connectivity index (χ0v) is 18.7. The van der Waals surface area contributed by atoms with Crippen LogP contribution in [-0.2, 0) is 0 Å². The third kappa shape index (κ3) is 4.90. The zero-order valence-electron chi connectivity index (χ0n) is 18.7. The first kappa shape index (κ1) is 21.4. The van der Waals surface area contributed by atoms with Crippen molar-refractivity contribution in [2.45, 2.75) is 19.9 Å². The first-order chi connectivity index (χ1) is 15.0. The Morgan fingerprint density at radius 3 is 2.16 bits per heavy atom. The number of piperazine rings is 2. The van der Waals surface area contributed by atoms with Crippen molar-refractivity contribution in [3.63, 3.8) is 0 Å². The molecule has 1 aromatic carbocycles. The molecule has 4 rings (SSSR count). The SMILES string of the molecule is COc1cncc(N2CCN(C(=O)c3ccc(N4CCN(C(C)C)CC4)cc3)CC2)n1. The van der Waals surface area contributed by atoms with E-state index in [4.69, 9.17) is 4.74 Å². The van der Waals surface area contributed by atoms with Crippen LogP contribution in [0.5, 0.6) is 5.88 Å². The van der Waals surface area contributed by atoms with Crippen LogP contribution in [0.1, 0.15) is 24.2 Å². The molecule has 8 heteroatoms. The fraction of sp³-hybridized carbons (Fsp3) is 0.522. The predicted molar refractivity (Wildman–Crippen MR) is 122 cm³/mol. The Labute approximate surface area is 184 Å². The summed E-state index contributed by atoms with van der Waals surface area (Å²) in [5, 5.41) is 0. The van der Waals surface area contributed by atoms with Gasteiger partial charge in [-0.3, -0.25) is 14.7 Å². The number of hydrogen-bond acceptors (Lipinski definition) is 7. The first-order valence-corrected chi connectivity index (χ1v) is 11.0. The lowest BCUT2D eigenvalue weighted by atomic mass is 10.1. The third-order valence-corrected chi connectivity index (χ3v) is 6.22. The van der Waals surface area contributed by atoms with E-state index < -0.39 is 0 Å². The number of hydrogen-bond donors (Lipinski definition) is 0. The highest BCUT2D eigenvalue weighted by molar-refractivity contribution is 5.94. The number of aromatic nitrogens is 2. The van der Waals surface area contributed by atoms with E-state index in [0.717, 1.165) is 50.6 Å². The van der Waals surface area contributed by atoms with Crippen LogP contribution in [0.4, 0.5) is 11.5 Å². The minimum atomic E-state index is 0.0903. The van der Waals surface area contributed by atoms with Crippen molar-refractivity contribution in [3.8, 4) is 5.88 Å². The van der Waals surface area contributed by atoms with Crippen molar-refractivity contribution in [3.05, 3.63) is 42.2 Å². The summed E-state index contributed by atoms with van der Waals surface area (Å²) in [6.07, 6.45) is 3.33. The van der Waals surface area contributed by atoms with Gasteiger partial charge in [-0.25, -0.2) is 0 Å². The summed E-state index contributed by atoms with van der Waals surface area (Å²) in [7, 11) is 1.58. The van der Waals surface area contributed by atoms with Crippen molar-refractivity contribution in [2.24, 2.45) is 0 Å². The lowest BCUT2D eigenvalue weighted by Crippen LogP contribution is -2.49. The minimum absolute atomic E-state index is 0.0903. The van der Waals surface area contributed by atoms with Crippen LogP contribution in [0, 0.1) is 0 Å². The second-order valence-corrected chi connectivity index (χ2v) is 8.36. The fourth-order valence-corrected chi connectivity index (χ4v) is 4.22. The maximum Gasteiger partial charge on any atom is 0.253 e. The molecule has 2 aliphatic rings. The average molecular weight is 425 g/mol. The average Bonchev–Trinajstić information content (AvgIpc) is 2.84. The second kappa shape index (κ2) is 9.51. The molecular formula is C23H32N6O2. The van der Waals surface area contributed by atoms with Gasteiger partial charge in [0.15, 0.2) is 5.82 Å². The topological polar surface area (TPSA) is 65.0 Å². The third-order valence-electron chi connectivity index (χ3n) is 6.22. The maximum absolute atomic E-state index is 13.0. The molecule has 8 nitrogen and oxygen atoms in total. The van der Waals surface area contributed by atoms with Gasteiger partial charge in [0.2, 0.25) is 5.88 Å². The molecular weight excluding hydrogens is 392 g/mol. The van der Waals surface area contributed by atoms with Crippen LogP contribution in [0.3, 0.4) is 0 Å². The molecule has 2 aliphatic heterocycles. The molecule has 3 heterocycles. The number of anilines is 2. The molecule has 0 spiro atoms. The number of amides is 1. The van der Waals surface area contributed by atoms with Crippen molar-refractivity contribution in [1.29, 1.82) is 0 Å². The van der Waals surface area contributed by atoms with Crippen molar-refractivity contribution >= 4 is 17.4 Å². The van der Waals surface area contributed by atoms with Gasteiger partial charge in [-0.1, -0.05) is 0 Å². The van der Waals surface area contributed by atoms with Crippen LogP contribution >= 0.6 is 0 Å². The monoisotopic (exact) mass is 424 g/mol. The van der Waals surface area contributed by atoms with E-state index in [9.17, 15) is 4.79 Å². The molecule has 2 aromatic rings. The van der Waals surface area contributed by atoms with E-state index in [2.05, 4.69) is 50.6 Å². The fourth-order valence-electron chi connectivity index (χ4n) is 4.22. The quantitative estimate of drug-likeness (QED) is 0.727. The molecule has 2 saturated heterocycles. The van der Waals surface area contributed by atoms with E-state index in [0.29, 0.717) is 25.0 Å². The molecule has 31 heavy (non-hydrogen) atoms.